The van der Waals surface area contributed by atoms with Crippen molar-refractivity contribution in [2.75, 3.05) is 5.33 Å². The highest BCUT2D eigenvalue weighted by atomic mass is 79.9. The lowest BCUT2D eigenvalue weighted by atomic mass is 10.1. The number of aliphatic hydroxyl groups is 2. The van der Waals surface area contributed by atoms with Gasteiger partial charge in [0, 0.05) is 5.33 Å². The maximum Gasteiger partial charge on any atom is 0.240 e. The lowest BCUT2D eigenvalue weighted by molar-refractivity contribution is 0.0343. The van der Waals surface area contributed by atoms with Crippen molar-refractivity contribution < 1.29 is 15.0 Å². The van der Waals surface area contributed by atoms with Crippen LogP contribution in [-0.4, -0.2) is 27.7 Å². The molecule has 5 heteroatoms. The summed E-state index contributed by atoms with van der Waals surface area (Å²) in [6.07, 6.45) is -0.468. The molecule has 0 bridgehead atoms. The molecule has 0 aliphatic heterocycles. The van der Waals surface area contributed by atoms with Crippen LogP contribution in [-0.2, 0) is 4.79 Å². The number of nitrogens with zero attached hydrogens (tertiary/aromatic N) is 1. The molecule has 80 valence electrons. The molecule has 0 saturated heterocycles. The van der Waals surface area contributed by atoms with E-state index in [1.807, 2.05) is 0 Å². The number of hydrogen-bond acceptors (Lipinski definition) is 4. The van der Waals surface area contributed by atoms with Crippen LogP contribution >= 0.6 is 15.9 Å². The molecular weight excluding hydrogens is 262 g/mol. The first kappa shape index (κ1) is 12.1. The van der Waals surface area contributed by atoms with Gasteiger partial charge < -0.3 is 10.2 Å². The van der Waals surface area contributed by atoms with Crippen LogP contribution in [0.25, 0.3) is 0 Å². The normalized spacial score (nSPS) is 14.1. The van der Waals surface area contributed by atoms with E-state index in [4.69, 9.17) is 0 Å². The maximum absolute atomic E-state index is 10.0. The van der Waals surface area contributed by atoms with Crippen LogP contribution in [0.4, 0.5) is 5.69 Å². The minimum absolute atomic E-state index is 0.273. The first-order valence-electron chi connectivity index (χ1n) is 4.29. The smallest absolute Gasteiger partial charge is 0.240 e. The lowest BCUT2D eigenvalue weighted by Crippen LogP contribution is -2.19. The molecule has 0 fully saturated rings. The van der Waals surface area contributed by atoms with Crippen LogP contribution in [0.1, 0.15) is 11.7 Å². The first-order chi connectivity index (χ1) is 7.19. The second-order valence-electron chi connectivity index (χ2n) is 2.96. The van der Waals surface area contributed by atoms with Crippen LogP contribution in [0.3, 0.4) is 0 Å². The van der Waals surface area contributed by atoms with Gasteiger partial charge in [-0.1, -0.05) is 28.1 Å². The van der Waals surface area contributed by atoms with Crippen LogP contribution in [0.5, 0.6) is 0 Å². The first-order valence-corrected chi connectivity index (χ1v) is 5.41. The average Bonchev–Trinajstić information content (AvgIpc) is 2.28. The molecule has 4 nitrogen and oxygen atoms in total. The number of halogens is 1. The lowest BCUT2D eigenvalue weighted by Gasteiger charge is -2.15. The van der Waals surface area contributed by atoms with E-state index in [-0.39, 0.29) is 5.33 Å². The summed E-state index contributed by atoms with van der Waals surface area (Å²) in [5, 5.41) is 19.3. The van der Waals surface area contributed by atoms with Crippen LogP contribution in [0.2, 0.25) is 0 Å². The summed E-state index contributed by atoms with van der Waals surface area (Å²) in [6, 6.07) is 6.44. The Labute approximate surface area is 95.4 Å². The second kappa shape index (κ2) is 5.78. The minimum Gasteiger partial charge on any atom is -0.389 e. The van der Waals surface area contributed by atoms with Gasteiger partial charge in [-0.15, -0.1) is 0 Å². The SMILES string of the molecule is O=C=Nc1cccc(C(O)C(O)CBr)c1. The molecule has 2 N–H and O–H groups in total. The summed E-state index contributed by atoms with van der Waals surface area (Å²) in [5.41, 5.74) is 0.918. The summed E-state index contributed by atoms with van der Waals surface area (Å²) >= 11 is 3.07. The molecule has 0 radical (unpaired) electrons. The van der Waals surface area contributed by atoms with Gasteiger partial charge in [-0.05, 0) is 17.7 Å². The summed E-state index contributed by atoms with van der Waals surface area (Å²) in [5.74, 6) is 0. The number of rotatable bonds is 4. The molecule has 0 heterocycles. The van der Waals surface area contributed by atoms with E-state index in [0.717, 1.165) is 0 Å². The fourth-order valence-electron chi connectivity index (χ4n) is 1.14. The van der Waals surface area contributed by atoms with E-state index in [1.54, 1.807) is 18.2 Å². The third-order valence-electron chi connectivity index (χ3n) is 1.91. The number of isocyanates is 1. The van der Waals surface area contributed by atoms with Gasteiger partial charge in [-0.3, -0.25) is 0 Å². The van der Waals surface area contributed by atoms with Gasteiger partial charge >= 0.3 is 0 Å². The predicted octanol–water partition coefficient (Wildman–Crippen LogP) is 1.44. The highest BCUT2D eigenvalue weighted by molar-refractivity contribution is 9.09. The van der Waals surface area contributed by atoms with Crippen molar-refractivity contribution in [1.82, 2.24) is 0 Å². The number of alkyl halides is 1. The highest BCUT2D eigenvalue weighted by Crippen LogP contribution is 2.22. The Balaban J connectivity index is 2.94. The van der Waals surface area contributed by atoms with E-state index in [0.29, 0.717) is 11.3 Å². The van der Waals surface area contributed by atoms with Gasteiger partial charge in [0.1, 0.15) is 6.10 Å². The van der Waals surface area contributed by atoms with Crippen molar-refractivity contribution in [3.05, 3.63) is 29.8 Å². The summed E-state index contributed by atoms with van der Waals surface area (Å²) in [4.78, 5) is 13.5. The standard InChI is InChI=1S/C10H10BrNO3/c11-5-9(14)10(15)7-2-1-3-8(4-7)12-6-13/h1-4,9-10,14-15H,5H2. The molecular formula is C10H10BrNO3. The van der Waals surface area contributed by atoms with Crippen molar-refractivity contribution in [2.24, 2.45) is 4.99 Å². The van der Waals surface area contributed by atoms with E-state index in [2.05, 4.69) is 20.9 Å². The highest BCUT2D eigenvalue weighted by Gasteiger charge is 2.16. The van der Waals surface area contributed by atoms with Gasteiger partial charge in [0.25, 0.3) is 0 Å². The molecule has 2 atom stereocenters. The quantitative estimate of drug-likeness (QED) is 0.495. The maximum atomic E-state index is 10.0. The zero-order valence-electron chi connectivity index (χ0n) is 7.80. The van der Waals surface area contributed by atoms with Gasteiger partial charge in [0.15, 0.2) is 0 Å². The molecule has 0 aliphatic carbocycles. The molecule has 0 amide bonds. The topological polar surface area (TPSA) is 69.9 Å². The van der Waals surface area contributed by atoms with E-state index in [1.165, 1.54) is 12.1 Å². The number of hydrogen-bond donors (Lipinski definition) is 2. The van der Waals surface area contributed by atoms with Crippen LogP contribution < -0.4 is 0 Å². The zero-order valence-corrected chi connectivity index (χ0v) is 9.39. The number of benzene rings is 1. The largest absolute Gasteiger partial charge is 0.389 e. The van der Waals surface area contributed by atoms with Crippen molar-refractivity contribution in [1.29, 1.82) is 0 Å². The molecule has 0 aromatic heterocycles. The van der Waals surface area contributed by atoms with Crippen LogP contribution in [0.15, 0.2) is 29.3 Å². The van der Waals surface area contributed by atoms with Gasteiger partial charge in [0.2, 0.25) is 6.08 Å². The van der Waals surface area contributed by atoms with Crippen molar-refractivity contribution in [2.45, 2.75) is 12.2 Å². The third-order valence-corrected chi connectivity index (χ3v) is 2.57. The Morgan fingerprint density at radius 3 is 2.80 bits per heavy atom. The average molecular weight is 272 g/mol. The molecule has 15 heavy (non-hydrogen) atoms. The number of aliphatic imine (C=N–C) groups is 1. The van der Waals surface area contributed by atoms with Crippen molar-refractivity contribution in [3.8, 4) is 0 Å². The molecule has 0 saturated carbocycles. The van der Waals surface area contributed by atoms with Gasteiger partial charge in [0.05, 0.1) is 11.8 Å². The minimum atomic E-state index is -0.994. The molecule has 0 spiro atoms. The fourth-order valence-corrected chi connectivity index (χ4v) is 1.49. The second-order valence-corrected chi connectivity index (χ2v) is 3.61. The Morgan fingerprint density at radius 1 is 1.47 bits per heavy atom. The Morgan fingerprint density at radius 2 is 2.20 bits per heavy atom. The van der Waals surface area contributed by atoms with Gasteiger partial charge in [-0.2, -0.15) is 4.99 Å². The Hall–Kier alpha value is -1.00. The number of carbonyl (C=O) groups excluding carboxylic acids is 1. The number of aliphatic hydroxyl groups excluding tert-OH is 2. The van der Waals surface area contributed by atoms with E-state index < -0.39 is 12.2 Å². The molecule has 0 aliphatic rings. The molecule has 1 aromatic rings. The van der Waals surface area contributed by atoms with E-state index in [9.17, 15) is 15.0 Å². The van der Waals surface area contributed by atoms with Crippen LogP contribution in [0, 0.1) is 0 Å². The molecule has 2 unspecified atom stereocenters. The predicted molar refractivity (Wildman–Crippen MR) is 59.0 cm³/mol. The molecule has 1 rings (SSSR count). The van der Waals surface area contributed by atoms with E-state index >= 15 is 0 Å². The monoisotopic (exact) mass is 271 g/mol. The summed E-state index contributed by atoms with van der Waals surface area (Å²) in [7, 11) is 0. The Bertz CT molecular complexity index is 377. The van der Waals surface area contributed by atoms with Crippen molar-refractivity contribution >= 4 is 27.7 Å². The zero-order chi connectivity index (χ0) is 11.3. The third kappa shape index (κ3) is 3.25. The van der Waals surface area contributed by atoms with Crippen molar-refractivity contribution in [3.63, 3.8) is 0 Å². The molecule has 1 aromatic carbocycles. The fraction of sp³-hybridized carbons (Fsp3) is 0.300. The Kier molecular flexibility index (Phi) is 4.65. The van der Waals surface area contributed by atoms with Gasteiger partial charge in [-0.25, -0.2) is 4.79 Å². The summed E-state index contributed by atoms with van der Waals surface area (Å²) in [6.45, 7) is 0. The summed E-state index contributed by atoms with van der Waals surface area (Å²) < 4.78 is 0.